The SMILES string of the molecule is CC(=O)Nc1nc(C)c(-c2ccc(S(C)(=O)=O)c(-n3ccnc3)c2)s1.O=S(=O)(O)O. The van der Waals surface area contributed by atoms with Crippen LogP contribution >= 0.6 is 11.3 Å². The Morgan fingerprint density at radius 2 is 1.83 bits per heavy atom. The molecule has 0 bridgehead atoms. The average molecular weight is 475 g/mol. The van der Waals surface area contributed by atoms with Crippen molar-refractivity contribution in [3.8, 4) is 16.1 Å². The molecule has 0 saturated carbocycles. The predicted octanol–water partition coefficient (Wildman–Crippen LogP) is 2.01. The number of aryl methyl sites for hydroxylation is 1. The van der Waals surface area contributed by atoms with Gasteiger partial charge in [-0.05, 0) is 24.6 Å². The lowest BCUT2D eigenvalue weighted by molar-refractivity contribution is -0.114. The van der Waals surface area contributed by atoms with Crippen LogP contribution in [-0.2, 0) is 25.0 Å². The minimum atomic E-state index is -4.67. The van der Waals surface area contributed by atoms with E-state index in [1.807, 2.05) is 6.92 Å². The molecule has 0 spiro atoms. The summed E-state index contributed by atoms with van der Waals surface area (Å²) in [5.74, 6) is -0.188. The molecule has 11 nitrogen and oxygen atoms in total. The van der Waals surface area contributed by atoms with E-state index in [4.69, 9.17) is 17.5 Å². The molecular weight excluding hydrogens is 456 g/mol. The van der Waals surface area contributed by atoms with E-state index >= 15 is 0 Å². The zero-order chi connectivity index (χ0) is 22.7. The van der Waals surface area contributed by atoms with E-state index in [1.54, 1.807) is 41.5 Å². The van der Waals surface area contributed by atoms with Crippen LogP contribution in [0.1, 0.15) is 12.6 Å². The van der Waals surface area contributed by atoms with Crippen molar-refractivity contribution in [3.05, 3.63) is 42.6 Å². The molecule has 3 aromatic rings. The van der Waals surface area contributed by atoms with Crippen molar-refractivity contribution in [2.24, 2.45) is 0 Å². The van der Waals surface area contributed by atoms with Gasteiger partial charge in [-0.2, -0.15) is 8.42 Å². The van der Waals surface area contributed by atoms with Gasteiger partial charge in [0.25, 0.3) is 0 Å². The number of sulfone groups is 1. The molecule has 0 aliphatic rings. The van der Waals surface area contributed by atoms with Crippen molar-refractivity contribution in [3.63, 3.8) is 0 Å². The van der Waals surface area contributed by atoms with E-state index in [0.29, 0.717) is 10.8 Å². The van der Waals surface area contributed by atoms with Gasteiger partial charge in [-0.3, -0.25) is 13.9 Å². The first kappa shape index (κ1) is 23.6. The highest BCUT2D eigenvalue weighted by atomic mass is 32.3. The summed E-state index contributed by atoms with van der Waals surface area (Å²) in [7, 11) is -8.06. The summed E-state index contributed by atoms with van der Waals surface area (Å²) in [5, 5.41) is 3.18. The van der Waals surface area contributed by atoms with Crippen LogP contribution in [0.25, 0.3) is 16.1 Å². The van der Waals surface area contributed by atoms with Gasteiger partial charge in [0.1, 0.15) is 0 Å². The quantitative estimate of drug-likeness (QED) is 0.479. The number of carbonyl (C=O) groups is 1. The Morgan fingerprint density at radius 3 is 2.33 bits per heavy atom. The fraction of sp³-hybridized carbons (Fsp3) is 0.188. The largest absolute Gasteiger partial charge is 0.394 e. The summed E-state index contributed by atoms with van der Waals surface area (Å²) in [4.78, 5) is 20.6. The highest BCUT2D eigenvalue weighted by Crippen LogP contribution is 2.35. The number of thiazole rings is 1. The Hall–Kier alpha value is -2.65. The number of imidazole rings is 1. The molecule has 3 rings (SSSR count). The Balaban J connectivity index is 0.000000575. The third kappa shape index (κ3) is 6.70. The number of anilines is 1. The maximum atomic E-state index is 12.1. The third-order valence-electron chi connectivity index (χ3n) is 3.48. The fourth-order valence-corrected chi connectivity index (χ4v) is 4.31. The number of rotatable bonds is 4. The first-order valence-electron chi connectivity index (χ1n) is 8.03. The van der Waals surface area contributed by atoms with Crippen LogP contribution in [0.5, 0.6) is 0 Å². The monoisotopic (exact) mass is 474 g/mol. The van der Waals surface area contributed by atoms with Crippen LogP contribution in [0.15, 0.2) is 41.8 Å². The topological polar surface area (TPSA) is 169 Å². The van der Waals surface area contributed by atoms with E-state index in [-0.39, 0.29) is 10.8 Å². The number of nitrogens with zero attached hydrogens (tertiary/aromatic N) is 3. The minimum Gasteiger partial charge on any atom is -0.305 e. The van der Waals surface area contributed by atoms with Crippen LogP contribution in [0.4, 0.5) is 5.13 Å². The van der Waals surface area contributed by atoms with Crippen molar-refractivity contribution in [2.45, 2.75) is 18.7 Å². The molecule has 0 radical (unpaired) electrons. The summed E-state index contributed by atoms with van der Waals surface area (Å²) >= 11 is 1.34. The number of carbonyl (C=O) groups excluding carboxylic acids is 1. The molecule has 2 heterocycles. The third-order valence-corrected chi connectivity index (χ3v) is 5.75. The van der Waals surface area contributed by atoms with Gasteiger partial charge in [-0.25, -0.2) is 18.4 Å². The van der Waals surface area contributed by atoms with E-state index in [9.17, 15) is 13.2 Å². The predicted molar refractivity (Wildman–Crippen MR) is 111 cm³/mol. The minimum absolute atomic E-state index is 0.188. The number of benzene rings is 1. The Bertz CT molecular complexity index is 1260. The van der Waals surface area contributed by atoms with Crippen LogP contribution in [-0.4, -0.2) is 52.6 Å². The van der Waals surface area contributed by atoms with Crippen LogP contribution < -0.4 is 5.32 Å². The highest BCUT2D eigenvalue weighted by Gasteiger charge is 2.18. The molecule has 162 valence electrons. The smallest absolute Gasteiger partial charge is 0.305 e. The first-order valence-corrected chi connectivity index (χ1v) is 12.1. The molecule has 0 atom stereocenters. The zero-order valence-corrected chi connectivity index (χ0v) is 18.4. The molecule has 0 aliphatic heterocycles. The maximum absolute atomic E-state index is 12.1. The summed E-state index contributed by atoms with van der Waals surface area (Å²) in [6.07, 6.45) is 6.01. The number of nitrogens with one attached hydrogen (secondary N) is 1. The van der Waals surface area contributed by atoms with Gasteiger partial charge in [0.05, 0.1) is 27.5 Å². The maximum Gasteiger partial charge on any atom is 0.394 e. The van der Waals surface area contributed by atoms with Gasteiger partial charge >= 0.3 is 10.4 Å². The molecular formula is C16H18N4O7S3. The lowest BCUT2D eigenvalue weighted by Gasteiger charge is -2.11. The summed E-state index contributed by atoms with van der Waals surface area (Å²) < 4.78 is 57.4. The second-order valence-electron chi connectivity index (χ2n) is 5.99. The first-order chi connectivity index (χ1) is 13.8. The van der Waals surface area contributed by atoms with Gasteiger partial charge in [0.2, 0.25) is 5.91 Å². The van der Waals surface area contributed by atoms with E-state index in [2.05, 4.69) is 15.3 Å². The van der Waals surface area contributed by atoms with Gasteiger partial charge in [0.15, 0.2) is 15.0 Å². The van der Waals surface area contributed by atoms with Crippen molar-refractivity contribution >= 4 is 42.6 Å². The number of amides is 1. The second-order valence-corrected chi connectivity index (χ2v) is 9.87. The van der Waals surface area contributed by atoms with Gasteiger partial charge in [-0.15, -0.1) is 0 Å². The Morgan fingerprint density at radius 1 is 1.20 bits per heavy atom. The van der Waals surface area contributed by atoms with Crippen molar-refractivity contribution in [1.82, 2.24) is 14.5 Å². The van der Waals surface area contributed by atoms with Gasteiger partial charge in [-0.1, -0.05) is 17.4 Å². The lowest BCUT2D eigenvalue weighted by atomic mass is 10.1. The molecule has 2 aromatic heterocycles. The number of hydrogen-bond donors (Lipinski definition) is 3. The molecule has 30 heavy (non-hydrogen) atoms. The molecule has 3 N–H and O–H groups in total. The summed E-state index contributed by atoms with van der Waals surface area (Å²) in [5.41, 5.74) is 2.10. The van der Waals surface area contributed by atoms with Crippen molar-refractivity contribution in [2.75, 3.05) is 11.6 Å². The van der Waals surface area contributed by atoms with Gasteiger partial charge < -0.3 is 9.88 Å². The van der Waals surface area contributed by atoms with E-state index in [0.717, 1.165) is 16.1 Å². The molecule has 1 amide bonds. The number of aromatic nitrogens is 3. The van der Waals surface area contributed by atoms with Crippen molar-refractivity contribution < 1.29 is 30.7 Å². The molecule has 0 fully saturated rings. The van der Waals surface area contributed by atoms with Crippen LogP contribution in [0, 0.1) is 6.92 Å². The van der Waals surface area contributed by atoms with Crippen molar-refractivity contribution in [1.29, 1.82) is 0 Å². The zero-order valence-electron chi connectivity index (χ0n) is 16.0. The lowest BCUT2D eigenvalue weighted by Crippen LogP contribution is -2.04. The standard InChI is InChI=1S/C16H16N4O3S2.H2O4S/c1-10-15(24-16(18-10)19-11(2)21)12-4-5-14(25(3,22)23)13(8-12)20-7-6-17-9-20;1-5(2,3)4/h4-9H,1-3H3,(H,18,19,21);(H2,1,2,3,4). The van der Waals surface area contributed by atoms with Crippen LogP contribution in [0.3, 0.4) is 0 Å². The molecule has 0 unspecified atom stereocenters. The van der Waals surface area contributed by atoms with Crippen LogP contribution in [0.2, 0.25) is 0 Å². The molecule has 14 heteroatoms. The molecule has 1 aromatic carbocycles. The number of hydrogen-bond acceptors (Lipinski definition) is 8. The summed E-state index contributed by atoms with van der Waals surface area (Å²) in [6, 6.07) is 5.11. The Labute approximate surface area is 176 Å². The Kier molecular flexibility index (Phi) is 7.10. The average Bonchev–Trinajstić information content (AvgIpc) is 3.21. The van der Waals surface area contributed by atoms with Gasteiger partial charge in [0, 0.05) is 25.6 Å². The molecule has 0 aliphatic carbocycles. The van der Waals surface area contributed by atoms with E-state index < -0.39 is 20.2 Å². The second kappa shape index (κ2) is 9.01. The highest BCUT2D eigenvalue weighted by molar-refractivity contribution is 7.90. The normalized spacial score (nSPS) is 11.5. The summed E-state index contributed by atoms with van der Waals surface area (Å²) in [6.45, 7) is 3.27. The molecule has 0 saturated heterocycles. The van der Waals surface area contributed by atoms with E-state index in [1.165, 1.54) is 24.5 Å². The fourth-order valence-electron chi connectivity index (χ4n) is 2.44.